The maximum Gasteiger partial charge on any atom is 0.257 e. The fraction of sp³-hybridized carbons (Fsp3) is 0.472. The van der Waals surface area contributed by atoms with Crippen molar-refractivity contribution in [3.63, 3.8) is 0 Å². The van der Waals surface area contributed by atoms with Crippen LogP contribution in [0.1, 0.15) is 60.0 Å². The summed E-state index contributed by atoms with van der Waals surface area (Å²) in [6, 6.07) is 24.5. The maximum atomic E-state index is 14.4. The van der Waals surface area contributed by atoms with Crippen LogP contribution in [0.4, 0.5) is 0 Å². The number of phenolic OH excluding ortho intramolecular Hbond substituents is 1. The van der Waals surface area contributed by atoms with E-state index in [0.29, 0.717) is 34.9 Å². The average Bonchev–Trinajstić information content (AvgIpc) is 3.68. The Morgan fingerprint density at radius 1 is 0.976 bits per heavy atom. The second kappa shape index (κ2) is 8.61. The Hall–Kier alpha value is -3.31. The molecule has 2 aliphatic heterocycles. The average molecular weight is 547 g/mol. The molecule has 5 fully saturated rings. The smallest absolute Gasteiger partial charge is 0.257 e. The highest BCUT2D eigenvalue weighted by molar-refractivity contribution is 5.97. The van der Waals surface area contributed by atoms with Crippen LogP contribution in [0, 0.1) is 23.2 Å². The SMILES string of the molecule is O=C(c1ccccc1Oc1ccccc1)N1C[C@H]2CC34CCC1C2C31CCN(CC2CC2)C4Cc2ccc(O)cc21. The van der Waals surface area contributed by atoms with Gasteiger partial charge in [0.25, 0.3) is 5.91 Å². The van der Waals surface area contributed by atoms with E-state index in [0.717, 1.165) is 44.0 Å². The van der Waals surface area contributed by atoms with Gasteiger partial charge in [-0.05, 0) is 122 Å². The molecule has 4 bridgehead atoms. The molecular formula is C36H38N2O3. The molecule has 0 spiro atoms. The first-order chi connectivity index (χ1) is 20.1. The van der Waals surface area contributed by atoms with Gasteiger partial charge in [0.05, 0.1) is 5.56 Å². The molecule has 2 saturated heterocycles. The van der Waals surface area contributed by atoms with Gasteiger partial charge in [-0.3, -0.25) is 9.69 Å². The van der Waals surface area contributed by atoms with Gasteiger partial charge in [0.1, 0.15) is 17.2 Å². The summed E-state index contributed by atoms with van der Waals surface area (Å²) < 4.78 is 6.24. The van der Waals surface area contributed by atoms with Gasteiger partial charge in [0.2, 0.25) is 0 Å². The third-order valence-corrected chi connectivity index (χ3v) is 12.1. The summed E-state index contributed by atoms with van der Waals surface area (Å²) in [5.41, 5.74) is 3.82. The number of para-hydroxylation sites is 2. The van der Waals surface area contributed by atoms with E-state index in [1.165, 1.54) is 43.4 Å². The lowest BCUT2D eigenvalue weighted by atomic mass is 9.43. The first-order valence-corrected chi connectivity index (χ1v) is 15.8. The number of phenols is 1. The van der Waals surface area contributed by atoms with E-state index >= 15 is 0 Å². The van der Waals surface area contributed by atoms with Crippen molar-refractivity contribution >= 4 is 5.91 Å². The van der Waals surface area contributed by atoms with E-state index in [1.54, 1.807) is 0 Å². The number of nitrogens with zero attached hydrogens (tertiary/aromatic N) is 2. The standard InChI is InChI=1S/C36H38N2O3/c39-26-13-12-24-18-32-35-15-14-30-33(36(35,29(24)19-26)16-17-37(32)21-23-10-11-23)25(20-35)22-38(30)34(40)28-8-4-5-9-31(28)41-27-6-2-1-3-7-27/h1-9,12-13,19,23,25,30,32-33,39H,10-11,14-18,20-22H2/t25-,30?,32?,33?,35?,36?/m1/s1. The normalized spacial score (nSPS) is 34.7. The Balaban J connectivity index is 1.10. The van der Waals surface area contributed by atoms with Crippen molar-refractivity contribution in [3.05, 3.63) is 89.5 Å². The molecule has 3 aromatic carbocycles. The predicted octanol–water partition coefficient (Wildman–Crippen LogP) is 6.40. The molecule has 4 aliphatic carbocycles. The number of benzene rings is 3. The van der Waals surface area contributed by atoms with Crippen molar-refractivity contribution < 1.29 is 14.6 Å². The van der Waals surface area contributed by atoms with Crippen LogP contribution in [0.15, 0.2) is 72.8 Å². The van der Waals surface area contributed by atoms with Crippen LogP contribution in [0.2, 0.25) is 0 Å². The lowest BCUT2D eigenvalue weighted by Gasteiger charge is -2.66. The molecule has 3 saturated carbocycles. The van der Waals surface area contributed by atoms with Crippen LogP contribution < -0.4 is 4.74 Å². The Kier molecular flexibility index (Phi) is 5.10. The second-order valence-corrected chi connectivity index (χ2v) is 13.8. The number of likely N-dealkylation sites (tertiary alicyclic amines) is 2. The van der Waals surface area contributed by atoms with Gasteiger partial charge in [0, 0.05) is 30.6 Å². The summed E-state index contributed by atoms with van der Waals surface area (Å²) in [6.45, 7) is 3.24. The highest BCUT2D eigenvalue weighted by atomic mass is 16.5. The number of carbonyl (C=O) groups is 1. The number of hydrogen-bond acceptors (Lipinski definition) is 4. The molecule has 5 unspecified atom stereocenters. The molecule has 1 N–H and O–H groups in total. The molecule has 6 aliphatic rings. The number of ether oxygens (including phenoxy) is 1. The number of hydrogen-bond donors (Lipinski definition) is 1. The van der Waals surface area contributed by atoms with Crippen LogP contribution in [-0.2, 0) is 11.8 Å². The Morgan fingerprint density at radius 3 is 2.66 bits per heavy atom. The highest BCUT2D eigenvalue weighted by Gasteiger charge is 2.76. The van der Waals surface area contributed by atoms with Crippen LogP contribution >= 0.6 is 0 Å². The topological polar surface area (TPSA) is 53.0 Å². The first-order valence-electron chi connectivity index (χ1n) is 15.8. The second-order valence-electron chi connectivity index (χ2n) is 13.8. The quantitative estimate of drug-likeness (QED) is 0.402. The van der Waals surface area contributed by atoms with Gasteiger partial charge in [-0.1, -0.05) is 36.4 Å². The van der Waals surface area contributed by atoms with Crippen LogP contribution in [0.5, 0.6) is 17.2 Å². The van der Waals surface area contributed by atoms with Crippen molar-refractivity contribution in [1.82, 2.24) is 9.80 Å². The molecule has 3 aromatic rings. The monoisotopic (exact) mass is 546 g/mol. The molecular weight excluding hydrogens is 508 g/mol. The van der Waals surface area contributed by atoms with E-state index in [-0.39, 0.29) is 22.8 Å². The summed E-state index contributed by atoms with van der Waals surface area (Å²) in [6.07, 6.45) is 8.52. The maximum absolute atomic E-state index is 14.4. The lowest BCUT2D eigenvalue weighted by Crippen LogP contribution is -2.69. The van der Waals surface area contributed by atoms with Crippen LogP contribution in [0.3, 0.4) is 0 Å². The minimum Gasteiger partial charge on any atom is -0.508 e. The summed E-state index contributed by atoms with van der Waals surface area (Å²) >= 11 is 0. The van der Waals surface area contributed by atoms with Gasteiger partial charge in [-0.15, -0.1) is 0 Å². The van der Waals surface area contributed by atoms with Gasteiger partial charge in [0.15, 0.2) is 0 Å². The summed E-state index contributed by atoms with van der Waals surface area (Å²) in [7, 11) is 0. The van der Waals surface area contributed by atoms with Gasteiger partial charge < -0.3 is 14.7 Å². The number of carbonyl (C=O) groups excluding carboxylic acids is 1. The zero-order valence-electron chi connectivity index (χ0n) is 23.5. The third-order valence-electron chi connectivity index (χ3n) is 12.1. The van der Waals surface area contributed by atoms with Crippen molar-refractivity contribution in [1.29, 1.82) is 0 Å². The zero-order valence-corrected chi connectivity index (χ0v) is 23.5. The van der Waals surface area contributed by atoms with E-state index in [9.17, 15) is 9.90 Å². The minimum atomic E-state index is 0.0483. The van der Waals surface area contributed by atoms with Gasteiger partial charge >= 0.3 is 0 Å². The molecule has 2 heterocycles. The van der Waals surface area contributed by atoms with Crippen molar-refractivity contribution in [3.8, 4) is 17.2 Å². The lowest BCUT2D eigenvalue weighted by molar-refractivity contribution is -0.102. The molecule has 210 valence electrons. The molecule has 5 heteroatoms. The predicted molar refractivity (Wildman–Crippen MR) is 157 cm³/mol. The van der Waals surface area contributed by atoms with E-state index in [4.69, 9.17) is 4.74 Å². The number of amides is 1. The van der Waals surface area contributed by atoms with Gasteiger partial charge in [-0.2, -0.15) is 0 Å². The first kappa shape index (κ1) is 24.3. The molecule has 0 aromatic heterocycles. The van der Waals surface area contributed by atoms with Crippen molar-refractivity contribution in [2.45, 2.75) is 62.4 Å². The molecule has 6 atom stereocenters. The Bertz CT molecular complexity index is 1530. The van der Waals surface area contributed by atoms with E-state index in [2.05, 4.69) is 21.9 Å². The molecule has 1 amide bonds. The third kappa shape index (κ3) is 3.30. The molecule has 9 rings (SSSR count). The van der Waals surface area contributed by atoms with Crippen LogP contribution in [-0.4, -0.2) is 52.5 Å². The Labute approximate surface area is 242 Å². The molecule has 5 nitrogen and oxygen atoms in total. The minimum absolute atomic E-state index is 0.0483. The molecule has 41 heavy (non-hydrogen) atoms. The van der Waals surface area contributed by atoms with Crippen molar-refractivity contribution in [2.75, 3.05) is 19.6 Å². The summed E-state index contributed by atoms with van der Waals surface area (Å²) in [5, 5.41) is 10.7. The fourth-order valence-corrected chi connectivity index (χ4v) is 10.7. The largest absolute Gasteiger partial charge is 0.508 e. The summed E-state index contributed by atoms with van der Waals surface area (Å²) in [4.78, 5) is 19.5. The number of fused-ring (bicyclic) bond motifs is 1. The highest BCUT2D eigenvalue weighted by Crippen LogP contribution is 2.75. The summed E-state index contributed by atoms with van der Waals surface area (Å²) in [5.74, 6) is 3.72. The number of aromatic hydroxyl groups is 1. The van der Waals surface area contributed by atoms with Crippen LogP contribution in [0.25, 0.3) is 0 Å². The zero-order chi connectivity index (χ0) is 27.3. The molecule has 0 radical (unpaired) electrons. The van der Waals surface area contributed by atoms with E-state index in [1.807, 2.05) is 60.7 Å². The van der Waals surface area contributed by atoms with E-state index < -0.39 is 0 Å². The van der Waals surface area contributed by atoms with Gasteiger partial charge in [-0.25, -0.2) is 0 Å². The fourth-order valence-electron chi connectivity index (χ4n) is 10.7. The number of piperidine rings is 1. The number of rotatable bonds is 5. The van der Waals surface area contributed by atoms with Crippen molar-refractivity contribution in [2.24, 2.45) is 23.2 Å². The Morgan fingerprint density at radius 2 is 1.80 bits per heavy atom.